The van der Waals surface area contributed by atoms with Crippen LogP contribution in [-0.4, -0.2) is 56.5 Å². The van der Waals surface area contributed by atoms with Gasteiger partial charge in [0.05, 0.1) is 0 Å². The largest absolute Gasteiger partial charge is 0.341 e. The van der Waals surface area contributed by atoms with Gasteiger partial charge in [-0.15, -0.1) is 0 Å². The third kappa shape index (κ3) is 7.26. The first-order chi connectivity index (χ1) is 9.59. The Morgan fingerprint density at radius 1 is 1.10 bits per heavy atom. The maximum atomic E-state index is 12.0. The molecule has 1 rings (SSSR count). The van der Waals surface area contributed by atoms with Gasteiger partial charge in [0.1, 0.15) is 0 Å². The van der Waals surface area contributed by atoms with Crippen LogP contribution in [0.3, 0.4) is 0 Å². The summed E-state index contributed by atoms with van der Waals surface area (Å²) < 4.78 is 0. The second-order valence-electron chi connectivity index (χ2n) is 5.39. The summed E-state index contributed by atoms with van der Waals surface area (Å²) in [5.74, 6) is 0.189. The first-order valence-corrected chi connectivity index (χ1v) is 7.23. The Morgan fingerprint density at radius 2 is 1.80 bits per heavy atom. The fourth-order valence-corrected chi connectivity index (χ4v) is 1.98. The molecule has 0 spiro atoms. The molecule has 1 aromatic rings. The Kier molecular flexibility index (Phi) is 7.92. The highest BCUT2D eigenvalue weighted by molar-refractivity contribution is 5.76. The van der Waals surface area contributed by atoms with Crippen molar-refractivity contribution in [3.63, 3.8) is 0 Å². The van der Waals surface area contributed by atoms with E-state index in [4.69, 9.17) is 0 Å². The monoisotopic (exact) mass is 277 g/mol. The van der Waals surface area contributed by atoms with Crippen LogP contribution < -0.4 is 5.32 Å². The van der Waals surface area contributed by atoms with E-state index >= 15 is 0 Å². The van der Waals surface area contributed by atoms with E-state index in [1.807, 2.05) is 37.4 Å². The normalized spacial score (nSPS) is 10.8. The van der Waals surface area contributed by atoms with Gasteiger partial charge in [-0.3, -0.25) is 4.79 Å². The quantitative estimate of drug-likeness (QED) is 0.696. The van der Waals surface area contributed by atoms with Gasteiger partial charge in [0.2, 0.25) is 5.91 Å². The Bertz CT molecular complexity index is 379. The first-order valence-electron chi connectivity index (χ1n) is 7.23. The van der Waals surface area contributed by atoms with Crippen LogP contribution in [0.2, 0.25) is 0 Å². The molecule has 0 saturated carbocycles. The van der Waals surface area contributed by atoms with Gasteiger partial charge in [-0.25, -0.2) is 0 Å². The zero-order chi connectivity index (χ0) is 14.8. The maximum absolute atomic E-state index is 12.0. The molecule has 0 atom stereocenters. The number of nitrogens with one attached hydrogen (secondary N) is 1. The Hall–Kier alpha value is -1.39. The molecule has 0 aliphatic rings. The molecule has 0 saturated heterocycles. The number of carbonyl (C=O) groups excluding carboxylic acids is 1. The van der Waals surface area contributed by atoms with Crippen LogP contribution in [0.4, 0.5) is 0 Å². The number of nitrogens with zero attached hydrogens (tertiary/aromatic N) is 2. The molecule has 1 N–H and O–H groups in total. The number of hydrogen-bond acceptors (Lipinski definition) is 3. The molecule has 0 aliphatic heterocycles. The zero-order valence-corrected chi connectivity index (χ0v) is 12.9. The van der Waals surface area contributed by atoms with Crippen LogP contribution in [-0.2, 0) is 11.3 Å². The van der Waals surface area contributed by atoms with Gasteiger partial charge in [0, 0.05) is 26.6 Å². The lowest BCUT2D eigenvalue weighted by atomic mass is 10.2. The van der Waals surface area contributed by atoms with E-state index in [1.54, 1.807) is 4.90 Å². The summed E-state index contributed by atoms with van der Waals surface area (Å²) in [6, 6.07) is 10.1. The average Bonchev–Trinajstić information content (AvgIpc) is 2.43. The van der Waals surface area contributed by atoms with Gasteiger partial charge < -0.3 is 15.1 Å². The molecule has 0 fully saturated rings. The summed E-state index contributed by atoms with van der Waals surface area (Å²) in [7, 11) is 6.01. The van der Waals surface area contributed by atoms with Crippen molar-refractivity contribution in [2.75, 3.05) is 40.8 Å². The maximum Gasteiger partial charge on any atom is 0.223 e. The Morgan fingerprint density at radius 3 is 2.45 bits per heavy atom. The van der Waals surface area contributed by atoms with Crippen molar-refractivity contribution < 1.29 is 4.79 Å². The molecular weight excluding hydrogens is 250 g/mol. The van der Waals surface area contributed by atoms with E-state index in [9.17, 15) is 4.79 Å². The van der Waals surface area contributed by atoms with Crippen LogP contribution in [0.25, 0.3) is 0 Å². The summed E-state index contributed by atoms with van der Waals surface area (Å²) in [5.41, 5.74) is 1.17. The van der Waals surface area contributed by atoms with Crippen molar-refractivity contribution >= 4 is 5.91 Å². The molecule has 1 amide bonds. The fraction of sp³-hybridized carbons (Fsp3) is 0.562. The van der Waals surface area contributed by atoms with E-state index in [0.29, 0.717) is 13.0 Å². The number of amides is 1. The van der Waals surface area contributed by atoms with Gasteiger partial charge in [0.25, 0.3) is 0 Å². The minimum absolute atomic E-state index is 0.189. The van der Waals surface area contributed by atoms with Crippen molar-refractivity contribution in [2.45, 2.75) is 19.4 Å². The van der Waals surface area contributed by atoms with Gasteiger partial charge in [-0.1, -0.05) is 30.3 Å². The molecule has 0 radical (unpaired) electrons. The zero-order valence-electron chi connectivity index (χ0n) is 12.9. The molecule has 0 unspecified atom stereocenters. The van der Waals surface area contributed by atoms with E-state index in [2.05, 4.69) is 24.3 Å². The van der Waals surface area contributed by atoms with Gasteiger partial charge in [-0.2, -0.15) is 0 Å². The smallest absolute Gasteiger partial charge is 0.223 e. The lowest BCUT2D eigenvalue weighted by molar-refractivity contribution is -0.130. The molecule has 4 heteroatoms. The third-order valence-electron chi connectivity index (χ3n) is 3.16. The number of hydrogen-bond donors (Lipinski definition) is 1. The predicted molar refractivity (Wildman–Crippen MR) is 83.6 cm³/mol. The second-order valence-corrected chi connectivity index (χ2v) is 5.39. The van der Waals surface area contributed by atoms with E-state index < -0.39 is 0 Å². The molecule has 112 valence electrons. The SMILES string of the molecule is CN(C)CCCNCCC(=O)N(C)Cc1ccccc1. The lowest BCUT2D eigenvalue weighted by Gasteiger charge is -2.17. The summed E-state index contributed by atoms with van der Waals surface area (Å²) in [4.78, 5) is 15.9. The van der Waals surface area contributed by atoms with Crippen molar-refractivity contribution in [2.24, 2.45) is 0 Å². The molecule has 20 heavy (non-hydrogen) atoms. The van der Waals surface area contributed by atoms with Crippen LogP contribution in [0, 0.1) is 0 Å². The topological polar surface area (TPSA) is 35.6 Å². The van der Waals surface area contributed by atoms with Crippen LogP contribution in [0.1, 0.15) is 18.4 Å². The summed E-state index contributed by atoms with van der Waals surface area (Å²) >= 11 is 0. The van der Waals surface area contributed by atoms with E-state index in [0.717, 1.165) is 26.1 Å². The van der Waals surface area contributed by atoms with Crippen molar-refractivity contribution in [3.05, 3.63) is 35.9 Å². The molecule has 1 aromatic carbocycles. The second kappa shape index (κ2) is 9.50. The van der Waals surface area contributed by atoms with E-state index in [1.165, 1.54) is 5.56 Å². The molecule has 0 heterocycles. The molecule has 0 aromatic heterocycles. The van der Waals surface area contributed by atoms with Crippen molar-refractivity contribution in [1.29, 1.82) is 0 Å². The number of rotatable bonds is 9. The minimum Gasteiger partial charge on any atom is -0.341 e. The summed E-state index contributed by atoms with van der Waals surface area (Å²) in [5, 5.41) is 3.32. The Labute approximate surface area is 122 Å². The molecule has 0 bridgehead atoms. The minimum atomic E-state index is 0.189. The van der Waals surface area contributed by atoms with Crippen LogP contribution >= 0.6 is 0 Å². The number of carbonyl (C=O) groups is 1. The standard InChI is InChI=1S/C16H27N3O/c1-18(2)13-7-11-17-12-10-16(20)19(3)14-15-8-5-4-6-9-15/h4-6,8-9,17H,7,10-14H2,1-3H3. The van der Waals surface area contributed by atoms with Crippen molar-refractivity contribution in [1.82, 2.24) is 15.1 Å². The highest BCUT2D eigenvalue weighted by Crippen LogP contribution is 2.03. The first kappa shape index (κ1) is 16.7. The van der Waals surface area contributed by atoms with Gasteiger partial charge in [-0.05, 0) is 39.2 Å². The molecule has 4 nitrogen and oxygen atoms in total. The van der Waals surface area contributed by atoms with Crippen LogP contribution in [0.5, 0.6) is 0 Å². The third-order valence-corrected chi connectivity index (χ3v) is 3.16. The van der Waals surface area contributed by atoms with E-state index in [-0.39, 0.29) is 5.91 Å². The number of benzene rings is 1. The average molecular weight is 277 g/mol. The fourth-order valence-electron chi connectivity index (χ4n) is 1.98. The van der Waals surface area contributed by atoms with Crippen LogP contribution in [0.15, 0.2) is 30.3 Å². The molecular formula is C16H27N3O. The van der Waals surface area contributed by atoms with Gasteiger partial charge in [0.15, 0.2) is 0 Å². The predicted octanol–water partition coefficient (Wildman–Crippen LogP) is 1.58. The van der Waals surface area contributed by atoms with Crippen molar-refractivity contribution in [3.8, 4) is 0 Å². The Balaban J connectivity index is 2.13. The highest BCUT2D eigenvalue weighted by Gasteiger charge is 2.08. The van der Waals surface area contributed by atoms with Gasteiger partial charge >= 0.3 is 0 Å². The summed E-state index contributed by atoms with van der Waals surface area (Å²) in [6.45, 7) is 3.48. The summed E-state index contributed by atoms with van der Waals surface area (Å²) in [6.07, 6.45) is 1.67. The lowest BCUT2D eigenvalue weighted by Crippen LogP contribution is -2.30. The highest BCUT2D eigenvalue weighted by atomic mass is 16.2. The molecule has 0 aliphatic carbocycles.